The molecule has 0 aliphatic heterocycles. The van der Waals surface area contributed by atoms with Gasteiger partial charge in [0.25, 0.3) is 5.91 Å². The molecule has 4 saturated carbocycles. The van der Waals surface area contributed by atoms with E-state index in [1.54, 1.807) is 6.08 Å². The van der Waals surface area contributed by atoms with Crippen LogP contribution in [0.15, 0.2) is 36.0 Å². The van der Waals surface area contributed by atoms with Gasteiger partial charge in [0.1, 0.15) is 5.70 Å². The number of hydrogen-bond donors (Lipinski definition) is 2. The van der Waals surface area contributed by atoms with Crippen LogP contribution in [0.1, 0.15) is 44.6 Å². The molecule has 154 valence electrons. The van der Waals surface area contributed by atoms with E-state index in [0.29, 0.717) is 11.8 Å². The predicted molar refractivity (Wildman–Crippen MR) is 108 cm³/mol. The van der Waals surface area contributed by atoms with E-state index in [4.69, 9.17) is 4.74 Å². The van der Waals surface area contributed by atoms with Gasteiger partial charge in [0, 0.05) is 13.0 Å². The van der Waals surface area contributed by atoms with Crippen molar-refractivity contribution >= 4 is 23.9 Å². The van der Waals surface area contributed by atoms with E-state index in [1.165, 1.54) is 39.0 Å². The van der Waals surface area contributed by atoms with Crippen LogP contribution in [-0.2, 0) is 19.1 Å². The Morgan fingerprint density at radius 2 is 1.62 bits per heavy atom. The van der Waals surface area contributed by atoms with Crippen molar-refractivity contribution in [2.24, 2.45) is 23.7 Å². The largest absolute Gasteiger partial charge is 0.451 e. The molecule has 5 rings (SSSR count). The van der Waals surface area contributed by atoms with E-state index in [0.717, 1.165) is 17.4 Å². The lowest BCUT2D eigenvalue weighted by Crippen LogP contribution is -2.56. The lowest BCUT2D eigenvalue weighted by molar-refractivity contribution is -0.146. The number of esters is 1. The summed E-state index contributed by atoms with van der Waals surface area (Å²) in [5.74, 6) is 1.46. The van der Waals surface area contributed by atoms with E-state index in [2.05, 4.69) is 10.6 Å². The van der Waals surface area contributed by atoms with Gasteiger partial charge in [-0.2, -0.15) is 0 Å². The predicted octanol–water partition coefficient (Wildman–Crippen LogP) is 2.65. The van der Waals surface area contributed by atoms with Gasteiger partial charge in [-0.25, -0.2) is 4.79 Å². The Labute approximate surface area is 171 Å². The van der Waals surface area contributed by atoms with Crippen LogP contribution in [0, 0.1) is 23.7 Å². The monoisotopic (exact) mass is 396 g/mol. The zero-order valence-corrected chi connectivity index (χ0v) is 16.7. The fraction of sp³-hybridized carbons (Fsp3) is 0.522. The maximum Gasteiger partial charge on any atom is 0.355 e. The number of benzene rings is 1. The normalized spacial score (nSPS) is 30.0. The molecule has 2 N–H and O–H groups in total. The van der Waals surface area contributed by atoms with Crippen molar-refractivity contribution in [3.63, 3.8) is 0 Å². The Hall–Kier alpha value is -2.63. The molecule has 29 heavy (non-hydrogen) atoms. The number of carbonyl (C=O) groups is 3. The summed E-state index contributed by atoms with van der Waals surface area (Å²) in [6, 6.07) is 9.37. The first-order chi connectivity index (χ1) is 14.0. The summed E-state index contributed by atoms with van der Waals surface area (Å²) in [4.78, 5) is 36.3. The van der Waals surface area contributed by atoms with Gasteiger partial charge in [0.2, 0.25) is 5.91 Å². The van der Waals surface area contributed by atoms with Crippen molar-refractivity contribution in [1.82, 2.24) is 10.6 Å². The Bertz CT molecular complexity index is 789. The molecule has 0 radical (unpaired) electrons. The molecular formula is C23H28N2O4. The van der Waals surface area contributed by atoms with E-state index < -0.39 is 5.97 Å². The van der Waals surface area contributed by atoms with Crippen LogP contribution < -0.4 is 10.6 Å². The summed E-state index contributed by atoms with van der Waals surface area (Å²) in [7, 11) is 0. The van der Waals surface area contributed by atoms with Crippen LogP contribution in [0.5, 0.6) is 0 Å². The van der Waals surface area contributed by atoms with Gasteiger partial charge in [-0.1, -0.05) is 30.3 Å². The third-order valence-corrected chi connectivity index (χ3v) is 6.53. The van der Waals surface area contributed by atoms with Crippen molar-refractivity contribution < 1.29 is 19.1 Å². The summed E-state index contributed by atoms with van der Waals surface area (Å²) in [5, 5.41) is 5.62. The highest BCUT2D eigenvalue weighted by molar-refractivity contribution is 5.98. The number of nitrogens with one attached hydrogen (secondary N) is 2. The molecule has 1 aromatic carbocycles. The van der Waals surface area contributed by atoms with Gasteiger partial charge >= 0.3 is 5.97 Å². The van der Waals surface area contributed by atoms with E-state index in [-0.39, 0.29) is 30.2 Å². The minimum absolute atomic E-state index is 0.0196. The summed E-state index contributed by atoms with van der Waals surface area (Å²) in [6.07, 6.45) is 7.76. The average Bonchev–Trinajstić information content (AvgIpc) is 2.68. The lowest BCUT2D eigenvalue weighted by Gasteiger charge is -2.54. The molecule has 2 amide bonds. The summed E-state index contributed by atoms with van der Waals surface area (Å²) < 4.78 is 5.20. The van der Waals surface area contributed by atoms with Crippen LogP contribution >= 0.6 is 0 Å². The number of ether oxygens (including phenoxy) is 1. The van der Waals surface area contributed by atoms with Crippen molar-refractivity contribution in [3.05, 3.63) is 41.6 Å². The third kappa shape index (κ3) is 4.69. The molecule has 1 aromatic rings. The van der Waals surface area contributed by atoms with Gasteiger partial charge in [0.15, 0.2) is 6.61 Å². The lowest BCUT2D eigenvalue weighted by atomic mass is 9.54. The van der Waals surface area contributed by atoms with Crippen molar-refractivity contribution in [2.45, 2.75) is 45.1 Å². The molecular weight excluding hydrogens is 368 g/mol. The summed E-state index contributed by atoms with van der Waals surface area (Å²) >= 11 is 0. The Balaban J connectivity index is 1.33. The number of amides is 2. The Morgan fingerprint density at radius 1 is 1.00 bits per heavy atom. The number of hydrogen-bond acceptors (Lipinski definition) is 4. The Kier molecular flexibility index (Phi) is 5.69. The Morgan fingerprint density at radius 3 is 2.21 bits per heavy atom. The molecule has 4 aliphatic rings. The molecule has 4 fully saturated rings. The van der Waals surface area contributed by atoms with Crippen LogP contribution in [0.4, 0.5) is 0 Å². The SMILES string of the molecule is CC(=O)N/C(=C\c1ccccc1)C(=O)OCC(=O)NC1C2CC3CC(C2)CC1C3. The quantitative estimate of drug-likeness (QED) is 0.572. The van der Waals surface area contributed by atoms with Gasteiger partial charge in [0.05, 0.1) is 0 Å². The first-order valence-electron chi connectivity index (χ1n) is 10.5. The summed E-state index contributed by atoms with van der Waals surface area (Å²) in [6.45, 7) is 0.985. The molecule has 0 atom stereocenters. The van der Waals surface area contributed by atoms with Crippen molar-refractivity contribution in [3.8, 4) is 0 Å². The smallest absolute Gasteiger partial charge is 0.355 e. The maximum atomic E-state index is 12.4. The highest BCUT2D eigenvalue weighted by Crippen LogP contribution is 2.53. The standard InChI is InChI=1S/C23H28N2O4/c1-14(26)24-20(12-15-5-3-2-4-6-15)23(28)29-13-21(27)25-22-18-8-16-7-17(10-18)11-19(22)9-16/h2-6,12,16-19,22H,7-11,13H2,1H3,(H,24,26)(H,25,27)/b20-12-. The average molecular weight is 396 g/mol. The number of rotatable bonds is 6. The molecule has 4 bridgehead atoms. The van der Waals surface area contributed by atoms with Gasteiger partial charge < -0.3 is 15.4 Å². The van der Waals surface area contributed by atoms with Crippen molar-refractivity contribution in [2.75, 3.05) is 6.61 Å². The van der Waals surface area contributed by atoms with E-state index >= 15 is 0 Å². The topological polar surface area (TPSA) is 84.5 Å². The highest BCUT2D eigenvalue weighted by atomic mass is 16.5. The van der Waals surface area contributed by atoms with E-state index in [9.17, 15) is 14.4 Å². The third-order valence-electron chi connectivity index (χ3n) is 6.53. The van der Waals surface area contributed by atoms with Crippen LogP contribution in [0.25, 0.3) is 6.08 Å². The van der Waals surface area contributed by atoms with Crippen molar-refractivity contribution in [1.29, 1.82) is 0 Å². The molecule has 0 spiro atoms. The van der Waals surface area contributed by atoms with Gasteiger partial charge in [-0.15, -0.1) is 0 Å². The molecule has 0 unspecified atom stereocenters. The zero-order chi connectivity index (χ0) is 20.4. The second-order valence-electron chi connectivity index (χ2n) is 8.75. The van der Waals surface area contributed by atoms with Crippen LogP contribution in [-0.4, -0.2) is 30.4 Å². The second kappa shape index (κ2) is 8.39. The number of carbonyl (C=O) groups excluding carboxylic acids is 3. The molecule has 6 nitrogen and oxygen atoms in total. The minimum Gasteiger partial charge on any atom is -0.451 e. The van der Waals surface area contributed by atoms with E-state index in [1.807, 2.05) is 30.3 Å². The fourth-order valence-electron chi connectivity index (χ4n) is 5.65. The first-order valence-corrected chi connectivity index (χ1v) is 10.5. The molecule has 6 heteroatoms. The second-order valence-corrected chi connectivity index (χ2v) is 8.75. The van der Waals surface area contributed by atoms with Gasteiger partial charge in [-0.3, -0.25) is 9.59 Å². The molecule has 0 saturated heterocycles. The maximum absolute atomic E-state index is 12.4. The fourth-order valence-corrected chi connectivity index (χ4v) is 5.65. The highest BCUT2D eigenvalue weighted by Gasteiger charge is 2.48. The molecule has 0 aromatic heterocycles. The zero-order valence-electron chi connectivity index (χ0n) is 16.7. The van der Waals surface area contributed by atoms with Crippen LogP contribution in [0.2, 0.25) is 0 Å². The minimum atomic E-state index is -0.718. The summed E-state index contributed by atoms with van der Waals surface area (Å²) in [5.41, 5.74) is 0.775. The van der Waals surface area contributed by atoms with Gasteiger partial charge in [-0.05, 0) is 67.4 Å². The molecule has 4 aliphatic carbocycles. The first kappa shape index (κ1) is 19.7. The van der Waals surface area contributed by atoms with Crippen LogP contribution in [0.3, 0.4) is 0 Å². The molecule has 0 heterocycles.